The minimum Gasteiger partial charge on any atom is -0.388 e. The smallest absolute Gasteiger partial charge is 0.180 e. The SMILES string of the molecule is CNc1ccc2c(c1)c(C(C)=O)nn2CC=O. The molecule has 2 rings (SSSR count). The van der Waals surface area contributed by atoms with Gasteiger partial charge in [-0.15, -0.1) is 0 Å². The van der Waals surface area contributed by atoms with Crippen LogP contribution in [0.4, 0.5) is 5.69 Å². The molecule has 0 fully saturated rings. The summed E-state index contributed by atoms with van der Waals surface area (Å²) >= 11 is 0. The molecule has 0 aliphatic carbocycles. The first-order valence-corrected chi connectivity index (χ1v) is 5.30. The van der Waals surface area contributed by atoms with E-state index in [2.05, 4.69) is 10.4 Å². The fraction of sp³-hybridized carbons (Fsp3) is 0.250. The van der Waals surface area contributed by atoms with E-state index in [1.807, 2.05) is 25.2 Å². The maximum atomic E-state index is 11.5. The molecule has 0 atom stereocenters. The molecule has 1 aromatic carbocycles. The normalized spacial score (nSPS) is 10.5. The van der Waals surface area contributed by atoms with Crippen LogP contribution in [0.5, 0.6) is 0 Å². The van der Waals surface area contributed by atoms with Gasteiger partial charge in [0.1, 0.15) is 12.0 Å². The largest absolute Gasteiger partial charge is 0.388 e. The van der Waals surface area contributed by atoms with Gasteiger partial charge in [0.25, 0.3) is 0 Å². The first-order valence-electron chi connectivity index (χ1n) is 5.30. The quantitative estimate of drug-likeness (QED) is 0.639. The van der Waals surface area contributed by atoms with Crippen LogP contribution in [0, 0.1) is 0 Å². The molecular formula is C12H13N3O2. The molecule has 5 heteroatoms. The van der Waals surface area contributed by atoms with E-state index in [4.69, 9.17) is 0 Å². The summed E-state index contributed by atoms with van der Waals surface area (Å²) in [5.41, 5.74) is 2.10. The van der Waals surface area contributed by atoms with Crippen LogP contribution in [0.2, 0.25) is 0 Å². The van der Waals surface area contributed by atoms with Gasteiger partial charge in [-0.25, -0.2) is 0 Å². The standard InChI is InChI=1S/C12H13N3O2/c1-8(17)12-10-7-9(13-2)3-4-11(10)15(14-12)5-6-16/h3-4,6-7,13H,5H2,1-2H3. The molecule has 88 valence electrons. The third kappa shape index (κ3) is 1.91. The highest BCUT2D eigenvalue weighted by molar-refractivity contribution is 6.05. The third-order valence-electron chi connectivity index (χ3n) is 2.62. The van der Waals surface area contributed by atoms with Crippen molar-refractivity contribution < 1.29 is 9.59 Å². The number of rotatable bonds is 4. The summed E-state index contributed by atoms with van der Waals surface area (Å²) < 4.78 is 1.54. The number of anilines is 1. The lowest BCUT2D eigenvalue weighted by Crippen LogP contribution is -2.02. The molecule has 1 N–H and O–H groups in total. The number of nitrogens with zero attached hydrogens (tertiary/aromatic N) is 2. The van der Waals surface area contributed by atoms with E-state index < -0.39 is 0 Å². The molecule has 0 amide bonds. The highest BCUT2D eigenvalue weighted by Gasteiger charge is 2.13. The minimum absolute atomic E-state index is 0.104. The second kappa shape index (κ2) is 4.37. The van der Waals surface area contributed by atoms with Crippen LogP contribution in [0.3, 0.4) is 0 Å². The van der Waals surface area contributed by atoms with Crippen molar-refractivity contribution in [1.29, 1.82) is 0 Å². The van der Waals surface area contributed by atoms with Crippen LogP contribution in [0.25, 0.3) is 10.9 Å². The van der Waals surface area contributed by atoms with Gasteiger partial charge in [-0.1, -0.05) is 0 Å². The Morgan fingerprint density at radius 3 is 2.88 bits per heavy atom. The lowest BCUT2D eigenvalue weighted by atomic mass is 10.1. The Morgan fingerprint density at radius 1 is 1.53 bits per heavy atom. The van der Waals surface area contributed by atoms with Crippen molar-refractivity contribution >= 4 is 28.7 Å². The third-order valence-corrected chi connectivity index (χ3v) is 2.62. The minimum atomic E-state index is -0.104. The first kappa shape index (κ1) is 11.3. The van der Waals surface area contributed by atoms with Crippen LogP contribution in [-0.2, 0) is 11.3 Å². The van der Waals surface area contributed by atoms with Crippen molar-refractivity contribution in [1.82, 2.24) is 9.78 Å². The summed E-state index contributed by atoms with van der Waals surface area (Å²) in [7, 11) is 1.81. The number of hydrogen-bond acceptors (Lipinski definition) is 4. The second-order valence-corrected chi connectivity index (χ2v) is 3.74. The molecule has 0 aliphatic heterocycles. The fourth-order valence-corrected chi connectivity index (χ4v) is 1.80. The number of Topliss-reactive ketones (excluding diaryl/α,β-unsaturated/α-hetero) is 1. The van der Waals surface area contributed by atoms with Crippen molar-refractivity contribution in [2.45, 2.75) is 13.5 Å². The number of ketones is 1. The molecule has 0 radical (unpaired) electrons. The highest BCUT2D eigenvalue weighted by atomic mass is 16.1. The zero-order chi connectivity index (χ0) is 12.4. The van der Waals surface area contributed by atoms with Crippen molar-refractivity contribution in [2.75, 3.05) is 12.4 Å². The monoisotopic (exact) mass is 231 g/mol. The van der Waals surface area contributed by atoms with Crippen molar-refractivity contribution in [3.63, 3.8) is 0 Å². The molecule has 1 aromatic heterocycles. The predicted octanol–water partition coefficient (Wildman–Crippen LogP) is 1.48. The van der Waals surface area contributed by atoms with Gasteiger partial charge in [-0.2, -0.15) is 5.10 Å². The molecule has 1 heterocycles. The number of carbonyl (C=O) groups is 2. The van der Waals surface area contributed by atoms with E-state index in [-0.39, 0.29) is 12.3 Å². The molecule has 0 aliphatic rings. The molecule has 2 aromatic rings. The van der Waals surface area contributed by atoms with E-state index in [1.165, 1.54) is 6.92 Å². The predicted molar refractivity (Wildman–Crippen MR) is 65.3 cm³/mol. The summed E-state index contributed by atoms with van der Waals surface area (Å²) in [6.07, 6.45) is 0.766. The maximum absolute atomic E-state index is 11.5. The molecule has 17 heavy (non-hydrogen) atoms. The number of aldehydes is 1. The molecule has 0 saturated heterocycles. The number of benzene rings is 1. The van der Waals surface area contributed by atoms with Crippen molar-refractivity contribution in [3.05, 3.63) is 23.9 Å². The van der Waals surface area contributed by atoms with Gasteiger partial charge in [-0.05, 0) is 18.2 Å². The molecule has 0 saturated carbocycles. The van der Waals surface area contributed by atoms with E-state index in [0.29, 0.717) is 5.69 Å². The zero-order valence-corrected chi connectivity index (χ0v) is 9.73. The van der Waals surface area contributed by atoms with E-state index in [1.54, 1.807) is 4.68 Å². The van der Waals surface area contributed by atoms with E-state index in [0.717, 1.165) is 22.9 Å². The summed E-state index contributed by atoms with van der Waals surface area (Å²) in [5.74, 6) is -0.104. The summed E-state index contributed by atoms with van der Waals surface area (Å²) in [5, 5.41) is 7.94. The molecule has 0 spiro atoms. The van der Waals surface area contributed by atoms with Crippen LogP contribution >= 0.6 is 0 Å². The number of carbonyl (C=O) groups excluding carboxylic acids is 2. The van der Waals surface area contributed by atoms with Gasteiger partial charge in [0.15, 0.2) is 5.78 Å². The number of nitrogens with one attached hydrogen (secondary N) is 1. The van der Waals surface area contributed by atoms with Crippen LogP contribution in [0.1, 0.15) is 17.4 Å². The van der Waals surface area contributed by atoms with E-state index >= 15 is 0 Å². The Labute approximate surface area is 98.4 Å². The van der Waals surface area contributed by atoms with Gasteiger partial charge >= 0.3 is 0 Å². The average molecular weight is 231 g/mol. The van der Waals surface area contributed by atoms with Crippen LogP contribution in [0.15, 0.2) is 18.2 Å². The zero-order valence-electron chi connectivity index (χ0n) is 9.73. The molecule has 0 unspecified atom stereocenters. The lowest BCUT2D eigenvalue weighted by molar-refractivity contribution is -0.108. The van der Waals surface area contributed by atoms with Crippen LogP contribution < -0.4 is 5.32 Å². The molecule has 0 bridgehead atoms. The fourth-order valence-electron chi connectivity index (χ4n) is 1.80. The van der Waals surface area contributed by atoms with Crippen molar-refractivity contribution in [2.24, 2.45) is 0 Å². The number of aromatic nitrogens is 2. The van der Waals surface area contributed by atoms with Gasteiger partial charge in [0.05, 0.1) is 12.1 Å². The molecular weight excluding hydrogens is 218 g/mol. The number of fused-ring (bicyclic) bond motifs is 1. The Hall–Kier alpha value is -2.17. The summed E-state index contributed by atoms with van der Waals surface area (Å²) in [6, 6.07) is 5.60. The van der Waals surface area contributed by atoms with E-state index in [9.17, 15) is 9.59 Å². The summed E-state index contributed by atoms with van der Waals surface area (Å²) in [4.78, 5) is 22.1. The number of hydrogen-bond donors (Lipinski definition) is 1. The highest BCUT2D eigenvalue weighted by Crippen LogP contribution is 2.22. The van der Waals surface area contributed by atoms with Crippen molar-refractivity contribution in [3.8, 4) is 0 Å². The summed E-state index contributed by atoms with van der Waals surface area (Å²) in [6.45, 7) is 1.63. The maximum Gasteiger partial charge on any atom is 0.180 e. The topological polar surface area (TPSA) is 64.0 Å². The van der Waals surface area contributed by atoms with Gasteiger partial charge in [0, 0.05) is 25.0 Å². The lowest BCUT2D eigenvalue weighted by Gasteiger charge is -2.00. The Morgan fingerprint density at radius 2 is 2.29 bits per heavy atom. The Balaban J connectivity index is 2.71. The van der Waals surface area contributed by atoms with Gasteiger partial charge in [-0.3, -0.25) is 9.48 Å². The average Bonchev–Trinajstić information content (AvgIpc) is 2.68. The molecule has 5 nitrogen and oxygen atoms in total. The Kier molecular flexibility index (Phi) is 2.91. The Bertz CT molecular complexity index is 587. The second-order valence-electron chi connectivity index (χ2n) is 3.74. The van der Waals surface area contributed by atoms with Gasteiger partial charge < -0.3 is 10.1 Å². The van der Waals surface area contributed by atoms with Gasteiger partial charge in [0.2, 0.25) is 0 Å². The van der Waals surface area contributed by atoms with Crippen LogP contribution in [-0.4, -0.2) is 28.9 Å². The first-order chi connectivity index (χ1) is 8.17.